The van der Waals surface area contributed by atoms with Crippen molar-refractivity contribution in [2.75, 3.05) is 0 Å². The van der Waals surface area contributed by atoms with E-state index in [1.807, 2.05) is 24.3 Å². The fourth-order valence-corrected chi connectivity index (χ4v) is 4.35. The van der Waals surface area contributed by atoms with Crippen molar-refractivity contribution in [3.05, 3.63) is 59.9 Å². The second-order valence-electron chi connectivity index (χ2n) is 9.24. The van der Waals surface area contributed by atoms with Crippen molar-refractivity contribution in [1.29, 1.82) is 0 Å². The van der Waals surface area contributed by atoms with Gasteiger partial charge in [-0.05, 0) is 74.2 Å². The Labute approximate surface area is 205 Å². The third kappa shape index (κ3) is 7.58. The van der Waals surface area contributed by atoms with Crippen LogP contribution in [0.3, 0.4) is 0 Å². The Bertz CT molecular complexity index is 914. The summed E-state index contributed by atoms with van der Waals surface area (Å²) in [4.78, 5) is 10.4. The lowest BCUT2D eigenvalue weighted by molar-refractivity contribution is 0.475. The summed E-state index contributed by atoms with van der Waals surface area (Å²) >= 11 is 0. The lowest BCUT2D eigenvalue weighted by atomic mass is 10.00. The molecule has 0 unspecified atom stereocenters. The average molecular weight is 461 g/mol. The number of nitrogens with zero attached hydrogens (tertiary/aromatic N) is 2. The van der Waals surface area contributed by atoms with E-state index in [4.69, 9.17) is 9.97 Å². The van der Waals surface area contributed by atoms with E-state index in [1.54, 1.807) is 24.3 Å². The predicted molar refractivity (Wildman–Crippen MR) is 141 cm³/mol. The number of rotatable bonds is 14. The van der Waals surface area contributed by atoms with Crippen molar-refractivity contribution in [2.45, 2.75) is 90.9 Å². The number of phenolic OH excluding ortho intramolecular Hbond substituents is 2. The minimum absolute atomic E-state index is 0.259. The van der Waals surface area contributed by atoms with E-state index >= 15 is 0 Å². The maximum Gasteiger partial charge on any atom is 0.115 e. The maximum atomic E-state index is 9.80. The highest BCUT2D eigenvalue weighted by molar-refractivity contribution is 5.68. The molecule has 0 bridgehead atoms. The average Bonchev–Trinajstić information content (AvgIpc) is 2.85. The van der Waals surface area contributed by atoms with Crippen LogP contribution in [0.15, 0.2) is 48.5 Å². The van der Waals surface area contributed by atoms with Crippen LogP contribution in [0.5, 0.6) is 11.5 Å². The fourth-order valence-electron chi connectivity index (χ4n) is 4.35. The van der Waals surface area contributed by atoms with Crippen LogP contribution in [0.4, 0.5) is 0 Å². The van der Waals surface area contributed by atoms with Crippen LogP contribution in [-0.4, -0.2) is 20.2 Å². The van der Waals surface area contributed by atoms with Gasteiger partial charge in [-0.1, -0.05) is 65.2 Å². The van der Waals surface area contributed by atoms with Crippen molar-refractivity contribution in [2.24, 2.45) is 0 Å². The molecule has 3 rings (SSSR count). The molecule has 34 heavy (non-hydrogen) atoms. The van der Waals surface area contributed by atoms with Gasteiger partial charge in [0, 0.05) is 11.1 Å². The topological polar surface area (TPSA) is 66.2 Å². The van der Waals surface area contributed by atoms with Gasteiger partial charge in [0.15, 0.2) is 0 Å². The highest BCUT2D eigenvalue weighted by Crippen LogP contribution is 2.31. The third-order valence-electron chi connectivity index (χ3n) is 6.36. The van der Waals surface area contributed by atoms with Gasteiger partial charge in [0.05, 0.1) is 22.8 Å². The van der Waals surface area contributed by atoms with E-state index in [1.165, 1.54) is 51.4 Å². The zero-order chi connectivity index (χ0) is 24.2. The third-order valence-corrected chi connectivity index (χ3v) is 6.36. The van der Waals surface area contributed by atoms with Gasteiger partial charge in [-0.2, -0.15) is 0 Å². The van der Waals surface area contributed by atoms with E-state index in [2.05, 4.69) is 13.8 Å². The lowest BCUT2D eigenvalue weighted by Crippen LogP contribution is -2.06. The largest absolute Gasteiger partial charge is 0.508 e. The summed E-state index contributed by atoms with van der Waals surface area (Å²) in [6, 6.07) is 14.6. The molecule has 0 amide bonds. The normalized spacial score (nSPS) is 11.1. The molecule has 0 aliphatic heterocycles. The number of benzene rings is 2. The standard InChI is InChI=1S/C30H40N2O2/c1-3-5-7-9-11-13-27-29(23-15-19-25(33)20-16-23)32-28(14-12-10-8-6-4-2)30(31-27)24-17-21-26(34)22-18-24/h15-22,33-34H,3-14H2,1-2H3. The SMILES string of the molecule is CCCCCCCc1nc(-c2ccc(O)cc2)c(CCCCCCC)nc1-c1ccc(O)cc1. The second-order valence-corrected chi connectivity index (χ2v) is 9.24. The van der Waals surface area contributed by atoms with E-state index in [-0.39, 0.29) is 11.5 Å². The molecule has 0 fully saturated rings. The van der Waals surface area contributed by atoms with E-state index in [0.717, 1.165) is 59.6 Å². The summed E-state index contributed by atoms with van der Waals surface area (Å²) < 4.78 is 0. The molecule has 0 saturated carbocycles. The highest BCUT2D eigenvalue weighted by atomic mass is 16.3. The minimum Gasteiger partial charge on any atom is -0.508 e. The summed E-state index contributed by atoms with van der Waals surface area (Å²) in [5.74, 6) is 0.518. The number of aryl methyl sites for hydroxylation is 2. The summed E-state index contributed by atoms with van der Waals surface area (Å²) in [6.07, 6.45) is 13.8. The Hall–Kier alpha value is -2.88. The number of aromatic nitrogens is 2. The van der Waals surface area contributed by atoms with Gasteiger partial charge in [-0.3, -0.25) is 0 Å². The smallest absolute Gasteiger partial charge is 0.115 e. The summed E-state index contributed by atoms with van der Waals surface area (Å²) in [7, 11) is 0. The van der Waals surface area contributed by atoms with Gasteiger partial charge in [-0.25, -0.2) is 9.97 Å². The summed E-state index contributed by atoms with van der Waals surface area (Å²) in [6.45, 7) is 4.47. The van der Waals surface area contributed by atoms with Crippen LogP contribution in [-0.2, 0) is 12.8 Å². The molecule has 4 nitrogen and oxygen atoms in total. The molecule has 4 heteroatoms. The highest BCUT2D eigenvalue weighted by Gasteiger charge is 2.17. The van der Waals surface area contributed by atoms with Gasteiger partial charge >= 0.3 is 0 Å². The first-order valence-electron chi connectivity index (χ1n) is 13.1. The molecule has 2 N–H and O–H groups in total. The Morgan fingerprint density at radius 2 is 0.853 bits per heavy atom. The molecule has 3 aromatic rings. The fraction of sp³-hybridized carbons (Fsp3) is 0.467. The quantitative estimate of drug-likeness (QED) is 0.238. The van der Waals surface area contributed by atoms with E-state index < -0.39 is 0 Å². The number of hydrogen-bond acceptors (Lipinski definition) is 4. The van der Waals surface area contributed by atoms with E-state index in [9.17, 15) is 10.2 Å². The van der Waals surface area contributed by atoms with Crippen LogP contribution in [0.25, 0.3) is 22.5 Å². The Morgan fingerprint density at radius 1 is 0.500 bits per heavy atom. The predicted octanol–water partition coefficient (Wildman–Crippen LogP) is 8.25. The van der Waals surface area contributed by atoms with Crippen molar-refractivity contribution in [3.63, 3.8) is 0 Å². The Morgan fingerprint density at radius 3 is 1.21 bits per heavy atom. The Balaban J connectivity index is 1.97. The summed E-state index contributed by atoms with van der Waals surface area (Å²) in [5, 5.41) is 19.6. The van der Waals surface area contributed by atoms with Crippen LogP contribution in [0, 0.1) is 0 Å². The minimum atomic E-state index is 0.259. The molecular formula is C30H40N2O2. The van der Waals surface area contributed by atoms with Crippen LogP contribution in [0.1, 0.15) is 89.4 Å². The number of hydrogen-bond donors (Lipinski definition) is 2. The molecule has 2 aromatic carbocycles. The van der Waals surface area contributed by atoms with Crippen molar-refractivity contribution in [1.82, 2.24) is 9.97 Å². The molecule has 1 heterocycles. The monoisotopic (exact) mass is 460 g/mol. The van der Waals surface area contributed by atoms with Crippen molar-refractivity contribution >= 4 is 0 Å². The maximum absolute atomic E-state index is 9.80. The van der Waals surface area contributed by atoms with Gasteiger partial charge in [0.1, 0.15) is 11.5 Å². The van der Waals surface area contributed by atoms with Crippen molar-refractivity contribution in [3.8, 4) is 34.0 Å². The Kier molecular flexibility index (Phi) is 10.4. The first kappa shape index (κ1) is 25.7. The molecule has 0 aliphatic carbocycles. The molecule has 1 aromatic heterocycles. The van der Waals surface area contributed by atoms with Gasteiger partial charge in [0.25, 0.3) is 0 Å². The molecule has 0 saturated heterocycles. The lowest BCUT2D eigenvalue weighted by Gasteiger charge is -2.16. The van der Waals surface area contributed by atoms with Crippen LogP contribution in [0.2, 0.25) is 0 Å². The molecule has 0 spiro atoms. The first-order valence-corrected chi connectivity index (χ1v) is 13.1. The van der Waals surface area contributed by atoms with Gasteiger partial charge in [-0.15, -0.1) is 0 Å². The van der Waals surface area contributed by atoms with E-state index in [0.29, 0.717) is 0 Å². The van der Waals surface area contributed by atoms with Gasteiger partial charge in [0.2, 0.25) is 0 Å². The number of unbranched alkanes of at least 4 members (excludes halogenated alkanes) is 8. The molecular weight excluding hydrogens is 420 g/mol. The molecule has 0 atom stereocenters. The number of phenols is 2. The van der Waals surface area contributed by atoms with Gasteiger partial charge < -0.3 is 10.2 Å². The zero-order valence-corrected chi connectivity index (χ0v) is 20.9. The molecule has 182 valence electrons. The summed E-state index contributed by atoms with van der Waals surface area (Å²) in [5.41, 5.74) is 5.89. The van der Waals surface area contributed by atoms with Crippen LogP contribution < -0.4 is 0 Å². The molecule has 0 radical (unpaired) electrons. The number of aromatic hydroxyl groups is 2. The molecule has 0 aliphatic rings. The first-order chi connectivity index (χ1) is 16.6. The van der Waals surface area contributed by atoms with Crippen LogP contribution >= 0.6 is 0 Å². The van der Waals surface area contributed by atoms with Crippen molar-refractivity contribution < 1.29 is 10.2 Å². The second kappa shape index (κ2) is 13.7. The zero-order valence-electron chi connectivity index (χ0n) is 20.9.